The van der Waals surface area contributed by atoms with Crippen molar-refractivity contribution in [2.45, 2.75) is 57.8 Å². The van der Waals surface area contributed by atoms with Gasteiger partial charge >= 0.3 is 0 Å². The molecule has 0 unspecified atom stereocenters. The van der Waals surface area contributed by atoms with Crippen LogP contribution in [0.3, 0.4) is 0 Å². The molecule has 0 aliphatic rings. The molecule has 1 heterocycles. The van der Waals surface area contributed by atoms with E-state index in [1.807, 2.05) is 0 Å². The van der Waals surface area contributed by atoms with Crippen molar-refractivity contribution in [2.24, 2.45) is 0 Å². The zero-order valence-corrected chi connectivity index (χ0v) is 15.0. The Hall–Kier alpha value is 0.287. The third-order valence-electron chi connectivity index (χ3n) is 3.42. The molecule has 98 valence electrons. The van der Waals surface area contributed by atoms with E-state index < -0.39 is 8.32 Å². The molecule has 0 amide bonds. The Morgan fingerprint density at radius 2 is 1.94 bits per heavy atom. The van der Waals surface area contributed by atoms with Gasteiger partial charge in [-0.3, -0.25) is 0 Å². The Labute approximate surface area is 118 Å². The number of halogens is 1. The fraction of sp³-hybridized carbons (Fsp3) is 0.750. The molecule has 1 aromatic heterocycles. The second kappa shape index (κ2) is 5.51. The molecule has 0 bridgehead atoms. The van der Waals surface area contributed by atoms with Gasteiger partial charge in [0.1, 0.15) is 5.01 Å². The largest absolute Gasteiger partial charge is 0.412 e. The molecule has 0 fully saturated rings. The Kier molecular flexibility index (Phi) is 4.97. The number of thiazole rings is 1. The average molecular weight is 336 g/mol. The van der Waals surface area contributed by atoms with E-state index in [4.69, 9.17) is 4.43 Å². The van der Waals surface area contributed by atoms with E-state index in [0.29, 0.717) is 6.61 Å². The van der Waals surface area contributed by atoms with Crippen LogP contribution in [0.25, 0.3) is 0 Å². The zero-order valence-electron chi connectivity index (χ0n) is 11.6. The summed E-state index contributed by atoms with van der Waals surface area (Å²) in [6, 6.07) is 0. The second-order valence-electron chi connectivity index (χ2n) is 5.80. The highest BCUT2D eigenvalue weighted by molar-refractivity contribution is 9.08. The molecule has 0 N–H and O–H groups in total. The first-order valence-corrected chi connectivity index (χ1v) is 10.7. The van der Waals surface area contributed by atoms with E-state index in [9.17, 15) is 0 Å². The first-order valence-electron chi connectivity index (χ1n) is 5.82. The second-order valence-corrected chi connectivity index (χ2v) is 12.3. The lowest BCUT2D eigenvalue weighted by molar-refractivity contribution is 0.278. The van der Waals surface area contributed by atoms with E-state index in [2.05, 4.69) is 61.7 Å². The quantitative estimate of drug-likeness (QED) is 0.578. The minimum Gasteiger partial charge on any atom is -0.412 e. The maximum absolute atomic E-state index is 6.21. The minimum absolute atomic E-state index is 0.268. The van der Waals surface area contributed by atoms with Crippen LogP contribution in [0.1, 0.15) is 36.3 Å². The van der Waals surface area contributed by atoms with Crippen LogP contribution in [-0.4, -0.2) is 13.3 Å². The molecular formula is C12H22BrNOSSi. The van der Waals surface area contributed by atoms with Crippen LogP contribution in [-0.2, 0) is 16.4 Å². The third kappa shape index (κ3) is 3.88. The number of rotatable bonds is 4. The van der Waals surface area contributed by atoms with E-state index in [1.54, 1.807) is 11.3 Å². The standard InChI is InChI=1S/C12H22BrNOSSi/c1-9-10(16-11(7-13)14-9)8-15-17(5,6)12(2,3)4/h7-8H2,1-6H3. The van der Waals surface area contributed by atoms with Crippen molar-refractivity contribution < 1.29 is 4.43 Å². The maximum atomic E-state index is 6.21. The predicted octanol–water partition coefficient (Wildman–Crippen LogP) is 4.87. The molecule has 0 aliphatic carbocycles. The van der Waals surface area contributed by atoms with Gasteiger partial charge in [0, 0.05) is 0 Å². The first-order chi connectivity index (χ1) is 7.67. The van der Waals surface area contributed by atoms with Gasteiger partial charge in [0.15, 0.2) is 8.32 Å². The molecule has 5 heteroatoms. The van der Waals surface area contributed by atoms with Gasteiger partial charge in [0.05, 0.1) is 22.5 Å². The van der Waals surface area contributed by atoms with E-state index in [-0.39, 0.29) is 5.04 Å². The van der Waals surface area contributed by atoms with Gasteiger partial charge in [-0.2, -0.15) is 0 Å². The molecule has 0 atom stereocenters. The van der Waals surface area contributed by atoms with Gasteiger partial charge in [0.2, 0.25) is 0 Å². The Bertz CT molecular complexity index is 384. The van der Waals surface area contributed by atoms with Crippen molar-refractivity contribution in [3.05, 3.63) is 15.6 Å². The molecule has 1 rings (SSSR count). The fourth-order valence-corrected chi connectivity index (χ4v) is 3.49. The molecule has 1 aromatic rings. The van der Waals surface area contributed by atoms with Crippen molar-refractivity contribution >= 4 is 35.6 Å². The van der Waals surface area contributed by atoms with E-state index in [0.717, 1.165) is 16.0 Å². The first kappa shape index (κ1) is 15.3. The smallest absolute Gasteiger partial charge is 0.192 e. The summed E-state index contributed by atoms with van der Waals surface area (Å²) in [4.78, 5) is 5.77. The highest BCUT2D eigenvalue weighted by atomic mass is 79.9. The summed E-state index contributed by atoms with van der Waals surface area (Å²) >= 11 is 5.19. The lowest BCUT2D eigenvalue weighted by Gasteiger charge is -2.36. The number of aromatic nitrogens is 1. The fourth-order valence-electron chi connectivity index (χ4n) is 1.14. The molecule has 0 aromatic carbocycles. The topological polar surface area (TPSA) is 22.1 Å². The van der Waals surface area contributed by atoms with Crippen LogP contribution >= 0.6 is 27.3 Å². The van der Waals surface area contributed by atoms with Crippen molar-refractivity contribution in [1.29, 1.82) is 0 Å². The van der Waals surface area contributed by atoms with Gasteiger partial charge < -0.3 is 4.43 Å². The molecule has 2 nitrogen and oxygen atoms in total. The number of hydrogen-bond acceptors (Lipinski definition) is 3. The summed E-state index contributed by atoms with van der Waals surface area (Å²) in [5, 5.41) is 2.24. The van der Waals surface area contributed by atoms with Gasteiger partial charge in [0.25, 0.3) is 0 Å². The summed E-state index contributed by atoms with van der Waals surface area (Å²) in [7, 11) is -1.64. The Balaban J connectivity index is 2.70. The van der Waals surface area contributed by atoms with Crippen LogP contribution in [0, 0.1) is 6.92 Å². The highest BCUT2D eigenvalue weighted by Gasteiger charge is 2.37. The van der Waals surface area contributed by atoms with Crippen LogP contribution in [0.15, 0.2) is 0 Å². The Morgan fingerprint density at radius 1 is 1.35 bits per heavy atom. The Morgan fingerprint density at radius 3 is 2.35 bits per heavy atom. The zero-order chi connectivity index (χ0) is 13.3. The number of alkyl halides is 1. The van der Waals surface area contributed by atoms with Gasteiger partial charge in [-0.05, 0) is 25.1 Å². The van der Waals surface area contributed by atoms with Crippen LogP contribution in [0.5, 0.6) is 0 Å². The van der Waals surface area contributed by atoms with Gasteiger partial charge in [-0.1, -0.05) is 36.7 Å². The van der Waals surface area contributed by atoms with Crippen molar-refractivity contribution in [1.82, 2.24) is 4.98 Å². The number of aryl methyl sites for hydroxylation is 1. The lowest BCUT2D eigenvalue weighted by Crippen LogP contribution is -2.40. The van der Waals surface area contributed by atoms with Gasteiger partial charge in [-0.25, -0.2) is 4.98 Å². The van der Waals surface area contributed by atoms with Crippen molar-refractivity contribution in [3.8, 4) is 0 Å². The molecule has 0 aliphatic heterocycles. The van der Waals surface area contributed by atoms with Crippen LogP contribution in [0.2, 0.25) is 18.1 Å². The maximum Gasteiger partial charge on any atom is 0.192 e. The SMILES string of the molecule is Cc1nc(CBr)sc1CO[Si](C)(C)C(C)(C)C. The summed E-state index contributed by atoms with van der Waals surface area (Å²) in [6.45, 7) is 14.2. The summed E-state index contributed by atoms with van der Waals surface area (Å²) in [6.07, 6.45) is 0. The molecular weight excluding hydrogens is 314 g/mol. The third-order valence-corrected chi connectivity index (χ3v) is 9.93. The molecule has 0 spiro atoms. The van der Waals surface area contributed by atoms with Gasteiger partial charge in [-0.15, -0.1) is 11.3 Å². The van der Waals surface area contributed by atoms with Crippen molar-refractivity contribution in [3.63, 3.8) is 0 Å². The predicted molar refractivity (Wildman–Crippen MR) is 81.5 cm³/mol. The molecule has 0 saturated heterocycles. The summed E-state index contributed by atoms with van der Waals surface area (Å²) in [5.41, 5.74) is 1.11. The molecule has 17 heavy (non-hydrogen) atoms. The normalized spacial score (nSPS) is 13.1. The number of nitrogens with zero attached hydrogens (tertiary/aromatic N) is 1. The lowest BCUT2D eigenvalue weighted by atomic mass is 10.2. The monoisotopic (exact) mass is 335 g/mol. The highest BCUT2D eigenvalue weighted by Crippen LogP contribution is 2.37. The minimum atomic E-state index is -1.64. The van der Waals surface area contributed by atoms with Crippen LogP contribution < -0.4 is 0 Å². The average Bonchev–Trinajstić information content (AvgIpc) is 2.55. The van der Waals surface area contributed by atoms with Crippen LogP contribution in [0.4, 0.5) is 0 Å². The van der Waals surface area contributed by atoms with E-state index >= 15 is 0 Å². The van der Waals surface area contributed by atoms with E-state index in [1.165, 1.54) is 4.88 Å². The molecule has 0 radical (unpaired) electrons. The summed E-state index contributed by atoms with van der Waals surface area (Å²) < 4.78 is 6.21. The molecule has 0 saturated carbocycles. The number of hydrogen-bond donors (Lipinski definition) is 0. The summed E-state index contributed by atoms with van der Waals surface area (Å²) in [5.74, 6) is 0. The van der Waals surface area contributed by atoms with Crippen molar-refractivity contribution in [2.75, 3.05) is 0 Å².